The highest BCUT2D eigenvalue weighted by Crippen LogP contribution is 2.38. The number of hydrogen-bond acceptors (Lipinski definition) is 10. The van der Waals surface area contributed by atoms with Crippen LogP contribution < -0.4 is 20.9 Å². The second-order valence-electron chi connectivity index (χ2n) is 15.9. The number of hydrogen-bond donors (Lipinski definition) is 2. The van der Waals surface area contributed by atoms with Gasteiger partial charge < -0.3 is 30.3 Å². The summed E-state index contributed by atoms with van der Waals surface area (Å²) < 4.78 is 39.3. The number of nitriles is 2. The number of nitrogens with two attached hydrogens (primary N) is 1. The Morgan fingerprint density at radius 2 is 1.06 bits per heavy atom. The Balaban J connectivity index is 0.000000151. The Hall–Kier alpha value is -7.61. The molecular formula is C54H47ClF2N8O2. The largest absolute Gasteiger partial charge is 0.398 e. The van der Waals surface area contributed by atoms with Crippen LogP contribution in [-0.2, 0) is 9.47 Å². The Labute approximate surface area is 393 Å². The van der Waals surface area contributed by atoms with E-state index in [0.29, 0.717) is 63.3 Å². The topological polar surface area (TPSA) is 136 Å². The molecular weight excluding hydrogens is 866 g/mol. The van der Waals surface area contributed by atoms with Crippen LogP contribution in [-0.4, -0.2) is 62.6 Å². The molecule has 0 unspecified atom stereocenters. The zero-order valence-corrected chi connectivity index (χ0v) is 37.8. The molecule has 6 aromatic carbocycles. The SMILES string of the molecule is Cc1c(-c2ccccc2F)nc2ccccc2c1Cl.Cc1c(-c2ccccc2F)nc2ccccc2c1Nc1cc(N2CCOCC2)ccc1C#N.N#Cc1ccc(N2CCOCC2)cc1N. The highest BCUT2D eigenvalue weighted by molar-refractivity contribution is 6.36. The number of benzene rings is 6. The summed E-state index contributed by atoms with van der Waals surface area (Å²) in [7, 11) is 0. The number of halogens is 3. The molecule has 13 heteroatoms. The lowest BCUT2D eigenvalue weighted by atomic mass is 10.0. The second-order valence-corrected chi connectivity index (χ2v) is 16.3. The van der Waals surface area contributed by atoms with Crippen LogP contribution in [0.15, 0.2) is 133 Å². The molecule has 2 aliphatic rings. The molecule has 10 nitrogen and oxygen atoms in total. The third-order valence-corrected chi connectivity index (χ3v) is 12.2. The zero-order chi connectivity index (χ0) is 46.9. The summed E-state index contributed by atoms with van der Waals surface area (Å²) in [5.41, 5.74) is 16.3. The van der Waals surface area contributed by atoms with Crippen molar-refractivity contribution in [3.8, 4) is 34.7 Å². The van der Waals surface area contributed by atoms with Crippen molar-refractivity contribution in [3.63, 3.8) is 0 Å². The average Bonchev–Trinajstić information content (AvgIpc) is 3.37. The first-order valence-corrected chi connectivity index (χ1v) is 22.2. The second kappa shape index (κ2) is 21.1. The fraction of sp³-hybridized carbons (Fsp3) is 0.185. The number of nitrogens with zero attached hydrogens (tertiary/aromatic N) is 6. The van der Waals surface area contributed by atoms with Crippen molar-refractivity contribution >= 4 is 61.8 Å². The maximum atomic E-state index is 14.7. The average molecular weight is 913 g/mol. The van der Waals surface area contributed by atoms with E-state index < -0.39 is 0 Å². The summed E-state index contributed by atoms with van der Waals surface area (Å²) >= 11 is 6.37. The molecule has 0 spiro atoms. The minimum atomic E-state index is -0.318. The number of fused-ring (bicyclic) bond motifs is 2. The molecule has 2 saturated heterocycles. The van der Waals surface area contributed by atoms with E-state index in [1.807, 2.05) is 92.7 Å². The standard InChI is InChI=1S/C27H23FN4O.C16H11ClFN.C11H13N3O/c1-18-26(21-6-2-4-8-23(21)28)30-24-9-5-3-7-22(24)27(18)31-25-16-20(11-10-19(25)17-29)32-12-14-33-15-13-32;1-10-15(17)12-7-3-5-9-14(12)19-16(10)11-6-2-4-8-13(11)18;12-8-9-1-2-10(7-11(9)13)14-3-5-15-6-4-14/h2-11,16H,12-15H2,1H3,(H,30,31);2-9H,1H3;1-2,7H,3-6,13H2. The quantitative estimate of drug-likeness (QED) is 0.155. The number of anilines is 5. The van der Waals surface area contributed by atoms with Crippen molar-refractivity contribution in [2.45, 2.75) is 13.8 Å². The van der Waals surface area contributed by atoms with Crippen LogP contribution >= 0.6 is 11.6 Å². The number of ether oxygens (including phenoxy) is 2. The molecule has 336 valence electrons. The minimum Gasteiger partial charge on any atom is -0.398 e. The van der Waals surface area contributed by atoms with Crippen molar-refractivity contribution in [3.05, 3.63) is 172 Å². The molecule has 2 aliphatic heterocycles. The normalized spacial score (nSPS) is 13.4. The number of para-hydroxylation sites is 2. The van der Waals surface area contributed by atoms with Crippen LogP contribution in [0.1, 0.15) is 22.3 Å². The Kier molecular flexibility index (Phi) is 14.5. The van der Waals surface area contributed by atoms with Crippen LogP contribution in [0.25, 0.3) is 44.3 Å². The van der Waals surface area contributed by atoms with Gasteiger partial charge in [0.25, 0.3) is 0 Å². The van der Waals surface area contributed by atoms with Gasteiger partial charge in [0.1, 0.15) is 23.8 Å². The predicted octanol–water partition coefficient (Wildman–Crippen LogP) is 11.8. The fourth-order valence-electron chi connectivity index (χ4n) is 8.12. The van der Waals surface area contributed by atoms with Gasteiger partial charge in [0.15, 0.2) is 0 Å². The maximum absolute atomic E-state index is 14.7. The van der Waals surface area contributed by atoms with Gasteiger partial charge in [0, 0.05) is 59.5 Å². The lowest BCUT2D eigenvalue weighted by Gasteiger charge is -2.29. The highest BCUT2D eigenvalue weighted by atomic mass is 35.5. The van der Waals surface area contributed by atoms with Gasteiger partial charge in [-0.15, -0.1) is 0 Å². The summed E-state index contributed by atoms with van der Waals surface area (Å²) in [6, 6.07) is 44.3. The smallest absolute Gasteiger partial charge is 0.132 e. The predicted molar refractivity (Wildman–Crippen MR) is 265 cm³/mol. The Morgan fingerprint density at radius 3 is 1.60 bits per heavy atom. The number of morpholine rings is 2. The maximum Gasteiger partial charge on any atom is 0.132 e. The Bertz CT molecular complexity index is 3160. The van der Waals surface area contributed by atoms with Gasteiger partial charge in [-0.3, -0.25) is 0 Å². The van der Waals surface area contributed by atoms with E-state index in [0.717, 1.165) is 89.4 Å². The highest BCUT2D eigenvalue weighted by Gasteiger charge is 2.19. The molecule has 8 aromatic rings. The third kappa shape index (κ3) is 10.3. The number of pyridine rings is 2. The van der Waals surface area contributed by atoms with E-state index in [2.05, 4.69) is 32.2 Å². The van der Waals surface area contributed by atoms with Gasteiger partial charge in [-0.25, -0.2) is 18.7 Å². The number of aromatic nitrogens is 2. The van der Waals surface area contributed by atoms with Crippen LogP contribution in [0.4, 0.5) is 37.2 Å². The van der Waals surface area contributed by atoms with Crippen molar-refractivity contribution in [1.29, 1.82) is 10.5 Å². The molecule has 3 N–H and O–H groups in total. The lowest BCUT2D eigenvalue weighted by Crippen LogP contribution is -2.36. The molecule has 0 amide bonds. The van der Waals surface area contributed by atoms with Crippen LogP contribution in [0.2, 0.25) is 5.02 Å². The molecule has 4 heterocycles. The summed E-state index contributed by atoms with van der Waals surface area (Å²) in [5.74, 6) is -0.606. The lowest BCUT2D eigenvalue weighted by molar-refractivity contribution is 0.122. The molecule has 0 bridgehead atoms. The van der Waals surface area contributed by atoms with E-state index in [-0.39, 0.29) is 11.6 Å². The summed E-state index contributed by atoms with van der Waals surface area (Å²) in [6.45, 7) is 10.0. The van der Waals surface area contributed by atoms with Gasteiger partial charge >= 0.3 is 0 Å². The Morgan fingerprint density at radius 1 is 0.597 bits per heavy atom. The van der Waals surface area contributed by atoms with Gasteiger partial charge in [-0.2, -0.15) is 10.5 Å². The van der Waals surface area contributed by atoms with Crippen LogP contribution in [0, 0.1) is 48.1 Å². The third-order valence-electron chi connectivity index (χ3n) is 11.7. The first-order valence-electron chi connectivity index (χ1n) is 21.8. The molecule has 0 atom stereocenters. The first kappa shape index (κ1) is 45.9. The van der Waals surface area contributed by atoms with Crippen molar-refractivity contribution in [2.24, 2.45) is 0 Å². The molecule has 0 radical (unpaired) electrons. The van der Waals surface area contributed by atoms with E-state index >= 15 is 0 Å². The molecule has 10 rings (SSSR count). The van der Waals surface area contributed by atoms with Gasteiger partial charge in [-0.1, -0.05) is 72.3 Å². The fourth-order valence-corrected chi connectivity index (χ4v) is 8.37. The molecule has 0 saturated carbocycles. The van der Waals surface area contributed by atoms with Gasteiger partial charge in [-0.05, 0) is 97.8 Å². The van der Waals surface area contributed by atoms with Crippen molar-refractivity contribution in [2.75, 3.05) is 73.5 Å². The van der Waals surface area contributed by atoms with Crippen molar-refractivity contribution < 1.29 is 18.3 Å². The molecule has 2 fully saturated rings. The number of nitrogens with one attached hydrogen (secondary N) is 1. The summed E-state index contributed by atoms with van der Waals surface area (Å²) in [5, 5.41) is 24.5. The van der Waals surface area contributed by atoms with E-state index in [4.69, 9.17) is 37.1 Å². The van der Waals surface area contributed by atoms with Gasteiger partial charge in [0.05, 0.1) is 82.1 Å². The first-order chi connectivity index (χ1) is 32.6. The molecule has 2 aromatic heterocycles. The van der Waals surface area contributed by atoms with E-state index in [1.165, 1.54) is 12.1 Å². The van der Waals surface area contributed by atoms with Crippen molar-refractivity contribution in [1.82, 2.24) is 9.97 Å². The summed E-state index contributed by atoms with van der Waals surface area (Å²) in [6.07, 6.45) is 0. The monoisotopic (exact) mass is 912 g/mol. The molecule has 0 aliphatic carbocycles. The van der Waals surface area contributed by atoms with E-state index in [9.17, 15) is 14.0 Å². The zero-order valence-electron chi connectivity index (χ0n) is 37.1. The van der Waals surface area contributed by atoms with Crippen LogP contribution in [0.5, 0.6) is 0 Å². The summed E-state index contributed by atoms with van der Waals surface area (Å²) in [4.78, 5) is 13.8. The number of rotatable bonds is 6. The van der Waals surface area contributed by atoms with Crippen LogP contribution in [0.3, 0.4) is 0 Å². The van der Waals surface area contributed by atoms with E-state index in [1.54, 1.807) is 42.5 Å². The number of nitrogen functional groups attached to an aromatic ring is 1. The van der Waals surface area contributed by atoms with Gasteiger partial charge in [0.2, 0.25) is 0 Å². The minimum absolute atomic E-state index is 0.288. The molecule has 67 heavy (non-hydrogen) atoms.